The normalized spacial score (nSPS) is 13.2. The van der Waals surface area contributed by atoms with Gasteiger partial charge in [0.05, 0.1) is 18.3 Å². The highest BCUT2D eigenvalue weighted by atomic mass is 32.2. The molecular formula is C20H27N3O6S2. The predicted octanol–water partition coefficient (Wildman–Crippen LogP) is 2.23. The van der Waals surface area contributed by atoms with Gasteiger partial charge >= 0.3 is 5.97 Å². The lowest BCUT2D eigenvalue weighted by Gasteiger charge is -2.30. The third-order valence-corrected chi connectivity index (χ3v) is 6.82. The first kappa shape index (κ1) is 24.8. The van der Waals surface area contributed by atoms with Crippen molar-refractivity contribution in [2.24, 2.45) is 5.92 Å². The number of sulfonamides is 2. The maximum Gasteiger partial charge on any atom is 0.324 e. The molecule has 0 saturated carbocycles. The fraction of sp³-hybridized carbons (Fsp3) is 0.400. The number of esters is 1. The monoisotopic (exact) mass is 469 g/mol. The van der Waals surface area contributed by atoms with Crippen molar-refractivity contribution in [1.29, 1.82) is 0 Å². The van der Waals surface area contributed by atoms with Crippen LogP contribution in [0.15, 0.2) is 53.7 Å². The van der Waals surface area contributed by atoms with Crippen molar-refractivity contribution in [3.63, 3.8) is 0 Å². The second-order valence-corrected chi connectivity index (χ2v) is 11.1. The summed E-state index contributed by atoms with van der Waals surface area (Å²) in [6.07, 6.45) is 4.37. The summed E-state index contributed by atoms with van der Waals surface area (Å²) >= 11 is 0. The molecule has 0 radical (unpaired) electrons. The number of nitrogens with one attached hydrogen (secondary N) is 1. The molecule has 170 valence electrons. The van der Waals surface area contributed by atoms with Crippen LogP contribution in [0.1, 0.15) is 25.8 Å². The number of ether oxygens (including phenoxy) is 1. The number of nitrogens with zero attached hydrogens (tertiary/aromatic N) is 2. The number of rotatable bonds is 10. The minimum Gasteiger partial charge on any atom is -0.468 e. The highest BCUT2D eigenvalue weighted by molar-refractivity contribution is 7.92. The topological polar surface area (TPSA) is 123 Å². The molecule has 0 saturated heterocycles. The van der Waals surface area contributed by atoms with E-state index in [9.17, 15) is 21.6 Å². The van der Waals surface area contributed by atoms with Crippen molar-refractivity contribution in [2.45, 2.75) is 37.8 Å². The van der Waals surface area contributed by atoms with Crippen LogP contribution >= 0.6 is 0 Å². The van der Waals surface area contributed by atoms with Gasteiger partial charge in [-0.15, -0.1) is 0 Å². The zero-order valence-corrected chi connectivity index (χ0v) is 19.5. The lowest BCUT2D eigenvalue weighted by atomic mass is 10.0. The molecule has 2 aromatic rings. The minimum atomic E-state index is -4.13. The molecule has 1 aromatic heterocycles. The molecule has 0 fully saturated rings. The average Bonchev–Trinajstić information content (AvgIpc) is 2.69. The maximum absolute atomic E-state index is 13.5. The molecule has 0 aliphatic heterocycles. The molecule has 1 N–H and O–H groups in total. The SMILES string of the molecule is COC(=O)[C@@H](CC(C)C)N(Cc1cccnc1)S(=O)(=O)c1ccc(NS(C)(=O)=O)cc1. The van der Waals surface area contributed by atoms with E-state index < -0.39 is 32.1 Å². The van der Waals surface area contributed by atoms with Crippen molar-refractivity contribution in [2.75, 3.05) is 18.1 Å². The first-order chi connectivity index (χ1) is 14.4. The van der Waals surface area contributed by atoms with Gasteiger partial charge in [0.25, 0.3) is 0 Å². The van der Waals surface area contributed by atoms with E-state index >= 15 is 0 Å². The summed E-state index contributed by atoms with van der Waals surface area (Å²) in [5, 5.41) is 0. The van der Waals surface area contributed by atoms with Gasteiger partial charge in [-0.2, -0.15) is 4.31 Å². The van der Waals surface area contributed by atoms with E-state index in [1.807, 2.05) is 13.8 Å². The average molecular weight is 470 g/mol. The van der Waals surface area contributed by atoms with Crippen LogP contribution in [0.3, 0.4) is 0 Å². The molecule has 9 nitrogen and oxygen atoms in total. The molecule has 2 rings (SSSR count). The van der Waals surface area contributed by atoms with Gasteiger partial charge < -0.3 is 4.74 Å². The third-order valence-electron chi connectivity index (χ3n) is 4.34. The Kier molecular flexibility index (Phi) is 8.15. The van der Waals surface area contributed by atoms with Crippen LogP contribution in [0, 0.1) is 5.92 Å². The molecule has 0 unspecified atom stereocenters. The van der Waals surface area contributed by atoms with E-state index in [4.69, 9.17) is 4.74 Å². The standard InChI is InChI=1S/C20H27N3O6S2/c1-15(2)12-19(20(24)29-3)23(14-16-6-5-11-21-13-16)31(27,28)18-9-7-17(8-10-18)22-30(4,25)26/h5-11,13,15,19,22H,12,14H2,1-4H3/t19-/m1/s1. The van der Waals surface area contributed by atoms with Gasteiger partial charge in [-0.25, -0.2) is 16.8 Å². The number of carbonyl (C=O) groups excluding carboxylic acids is 1. The number of carbonyl (C=O) groups is 1. The molecule has 0 spiro atoms. The fourth-order valence-corrected chi connectivity index (χ4v) is 5.13. The van der Waals surface area contributed by atoms with E-state index in [1.165, 1.54) is 37.6 Å². The van der Waals surface area contributed by atoms with Crippen molar-refractivity contribution < 1.29 is 26.4 Å². The van der Waals surface area contributed by atoms with Crippen LogP contribution in [0.4, 0.5) is 5.69 Å². The Hall–Kier alpha value is -2.50. The lowest BCUT2D eigenvalue weighted by molar-refractivity contribution is -0.145. The zero-order valence-electron chi connectivity index (χ0n) is 17.8. The third kappa shape index (κ3) is 7.01. The van der Waals surface area contributed by atoms with Crippen molar-refractivity contribution in [3.8, 4) is 0 Å². The van der Waals surface area contributed by atoms with E-state index in [0.717, 1.165) is 10.6 Å². The number of anilines is 1. The molecule has 31 heavy (non-hydrogen) atoms. The van der Waals surface area contributed by atoms with Gasteiger partial charge in [-0.05, 0) is 48.2 Å². The van der Waals surface area contributed by atoms with Crippen LogP contribution in [-0.4, -0.2) is 51.5 Å². The van der Waals surface area contributed by atoms with Crippen LogP contribution in [-0.2, 0) is 36.1 Å². The highest BCUT2D eigenvalue weighted by Crippen LogP contribution is 2.26. The quantitative estimate of drug-likeness (QED) is 0.529. The Morgan fingerprint density at radius 3 is 2.26 bits per heavy atom. The van der Waals surface area contributed by atoms with Gasteiger partial charge in [0.1, 0.15) is 6.04 Å². The lowest BCUT2D eigenvalue weighted by Crippen LogP contribution is -2.45. The van der Waals surface area contributed by atoms with E-state index in [2.05, 4.69) is 9.71 Å². The number of aromatic nitrogens is 1. The molecule has 0 aliphatic carbocycles. The predicted molar refractivity (Wildman–Crippen MR) is 117 cm³/mol. The number of pyridine rings is 1. The molecule has 1 heterocycles. The number of hydrogen-bond acceptors (Lipinski definition) is 7. The van der Waals surface area contributed by atoms with Gasteiger partial charge in [0.2, 0.25) is 20.0 Å². The Bertz CT molecular complexity index is 1090. The van der Waals surface area contributed by atoms with Gasteiger partial charge in [-0.1, -0.05) is 19.9 Å². The highest BCUT2D eigenvalue weighted by Gasteiger charge is 2.37. The minimum absolute atomic E-state index is 0.0250. The Labute approximate surface area is 183 Å². The summed E-state index contributed by atoms with van der Waals surface area (Å²) in [6.45, 7) is 3.69. The molecule has 11 heteroatoms. The molecule has 1 aromatic carbocycles. The largest absolute Gasteiger partial charge is 0.468 e. The van der Waals surface area contributed by atoms with Crippen LogP contribution in [0.2, 0.25) is 0 Å². The molecule has 0 aliphatic rings. The smallest absolute Gasteiger partial charge is 0.324 e. The summed E-state index contributed by atoms with van der Waals surface area (Å²) < 4.78 is 58.2. The number of methoxy groups -OCH3 is 1. The molecule has 0 amide bonds. The Morgan fingerprint density at radius 1 is 1.13 bits per heavy atom. The van der Waals surface area contributed by atoms with Gasteiger partial charge in [0, 0.05) is 24.6 Å². The molecule has 1 atom stereocenters. The van der Waals surface area contributed by atoms with Crippen molar-refractivity contribution in [3.05, 3.63) is 54.4 Å². The van der Waals surface area contributed by atoms with Crippen LogP contribution in [0.25, 0.3) is 0 Å². The summed E-state index contributed by atoms with van der Waals surface area (Å²) in [4.78, 5) is 16.5. The molecular weight excluding hydrogens is 442 g/mol. The first-order valence-electron chi connectivity index (χ1n) is 9.50. The Morgan fingerprint density at radius 2 is 1.77 bits per heavy atom. The summed E-state index contributed by atoms with van der Waals surface area (Å²) in [5.74, 6) is -0.631. The van der Waals surface area contributed by atoms with Gasteiger partial charge in [-0.3, -0.25) is 14.5 Å². The molecule has 0 bridgehead atoms. The van der Waals surface area contributed by atoms with Crippen LogP contribution < -0.4 is 4.72 Å². The van der Waals surface area contributed by atoms with Crippen molar-refractivity contribution in [1.82, 2.24) is 9.29 Å². The fourth-order valence-electron chi connectivity index (χ4n) is 2.99. The maximum atomic E-state index is 13.5. The second-order valence-electron chi connectivity index (χ2n) is 7.48. The summed E-state index contributed by atoms with van der Waals surface area (Å²) in [6, 6.07) is 7.66. The number of benzene rings is 1. The Balaban J connectivity index is 2.50. The first-order valence-corrected chi connectivity index (χ1v) is 12.8. The van der Waals surface area contributed by atoms with Gasteiger partial charge in [0.15, 0.2) is 0 Å². The van der Waals surface area contributed by atoms with Crippen LogP contribution in [0.5, 0.6) is 0 Å². The van der Waals surface area contributed by atoms with E-state index in [0.29, 0.717) is 5.56 Å². The summed E-state index contributed by atoms with van der Waals surface area (Å²) in [7, 11) is -6.42. The number of hydrogen-bond donors (Lipinski definition) is 1. The van der Waals surface area contributed by atoms with E-state index in [1.54, 1.807) is 18.3 Å². The van der Waals surface area contributed by atoms with E-state index in [-0.39, 0.29) is 29.5 Å². The summed E-state index contributed by atoms with van der Waals surface area (Å²) in [5.41, 5.74) is 0.839. The van der Waals surface area contributed by atoms with Crippen molar-refractivity contribution >= 4 is 31.7 Å². The zero-order chi connectivity index (χ0) is 23.2. The second kappa shape index (κ2) is 10.2.